The number of hydrogen-bond donors (Lipinski definition) is 1. The molecule has 2 aromatic rings. The standard InChI is InChI=1S/C15H18N2O3S/c1-3-20-15(19)10(2)16-13(18)8-9-14-17-11-6-4-5-7-12(11)21-14/h4-7,10H,3,8-9H2,1-2H3,(H,16,18). The van der Waals surface area contributed by atoms with Crippen LogP contribution in [0.3, 0.4) is 0 Å². The van der Waals surface area contributed by atoms with Crippen molar-refractivity contribution >= 4 is 33.4 Å². The van der Waals surface area contributed by atoms with Crippen LogP contribution in [0.4, 0.5) is 0 Å². The van der Waals surface area contributed by atoms with Gasteiger partial charge in [-0.05, 0) is 26.0 Å². The quantitative estimate of drug-likeness (QED) is 0.832. The van der Waals surface area contributed by atoms with Gasteiger partial charge in [-0.1, -0.05) is 12.1 Å². The number of thiazole rings is 1. The molecule has 6 heteroatoms. The molecule has 5 nitrogen and oxygen atoms in total. The van der Waals surface area contributed by atoms with E-state index in [4.69, 9.17) is 4.74 Å². The van der Waals surface area contributed by atoms with E-state index in [1.165, 1.54) is 0 Å². The normalized spacial score (nSPS) is 12.1. The Morgan fingerprint density at radius 3 is 2.86 bits per heavy atom. The third kappa shape index (κ3) is 4.26. The number of nitrogens with zero attached hydrogens (tertiary/aromatic N) is 1. The lowest BCUT2D eigenvalue weighted by molar-refractivity contribution is -0.146. The average molecular weight is 306 g/mol. The number of benzene rings is 1. The second kappa shape index (κ2) is 7.17. The van der Waals surface area contributed by atoms with Crippen molar-refractivity contribution < 1.29 is 14.3 Å². The number of para-hydroxylation sites is 1. The molecule has 0 radical (unpaired) electrons. The Balaban J connectivity index is 1.84. The maximum absolute atomic E-state index is 11.8. The van der Waals surface area contributed by atoms with Crippen LogP contribution in [-0.4, -0.2) is 29.5 Å². The highest BCUT2D eigenvalue weighted by Gasteiger charge is 2.16. The molecule has 2 rings (SSSR count). The molecule has 112 valence electrons. The van der Waals surface area contributed by atoms with E-state index in [1.54, 1.807) is 25.2 Å². The molecule has 21 heavy (non-hydrogen) atoms. The predicted octanol–water partition coefficient (Wildman–Crippen LogP) is 2.30. The molecule has 1 N–H and O–H groups in total. The molecule has 1 aromatic heterocycles. The van der Waals surface area contributed by atoms with Gasteiger partial charge in [-0.3, -0.25) is 4.79 Å². The second-order valence-electron chi connectivity index (χ2n) is 4.62. The Morgan fingerprint density at radius 1 is 1.38 bits per heavy atom. The summed E-state index contributed by atoms with van der Waals surface area (Å²) < 4.78 is 5.96. The lowest BCUT2D eigenvalue weighted by Gasteiger charge is -2.12. The molecule has 0 spiro atoms. The lowest BCUT2D eigenvalue weighted by atomic mass is 10.2. The minimum Gasteiger partial charge on any atom is -0.464 e. The number of amides is 1. The summed E-state index contributed by atoms with van der Waals surface area (Å²) in [5, 5.41) is 3.56. The molecule has 0 fully saturated rings. The van der Waals surface area contributed by atoms with Gasteiger partial charge in [-0.15, -0.1) is 11.3 Å². The van der Waals surface area contributed by atoms with E-state index in [2.05, 4.69) is 10.3 Å². The summed E-state index contributed by atoms with van der Waals surface area (Å²) in [4.78, 5) is 27.7. The van der Waals surface area contributed by atoms with Gasteiger partial charge in [-0.25, -0.2) is 9.78 Å². The van der Waals surface area contributed by atoms with Crippen molar-refractivity contribution in [3.63, 3.8) is 0 Å². The summed E-state index contributed by atoms with van der Waals surface area (Å²) in [6.07, 6.45) is 0.879. The number of nitrogens with one attached hydrogen (secondary N) is 1. The van der Waals surface area contributed by atoms with Gasteiger partial charge in [0.1, 0.15) is 6.04 Å². The molecule has 0 bridgehead atoms. The number of carbonyl (C=O) groups is 2. The molecule has 0 saturated heterocycles. The van der Waals surface area contributed by atoms with Gasteiger partial charge >= 0.3 is 5.97 Å². The minimum atomic E-state index is -0.618. The van der Waals surface area contributed by atoms with Crippen LogP contribution < -0.4 is 5.32 Å². The number of aryl methyl sites for hydroxylation is 1. The zero-order valence-corrected chi connectivity index (χ0v) is 12.9. The van der Waals surface area contributed by atoms with Crippen molar-refractivity contribution in [1.82, 2.24) is 10.3 Å². The fourth-order valence-electron chi connectivity index (χ4n) is 1.89. The third-order valence-electron chi connectivity index (χ3n) is 2.92. The molecule has 0 aliphatic rings. The zero-order chi connectivity index (χ0) is 15.2. The van der Waals surface area contributed by atoms with E-state index >= 15 is 0 Å². The van der Waals surface area contributed by atoms with Crippen molar-refractivity contribution in [2.24, 2.45) is 0 Å². The van der Waals surface area contributed by atoms with E-state index in [0.29, 0.717) is 19.4 Å². The summed E-state index contributed by atoms with van der Waals surface area (Å²) in [6, 6.07) is 7.27. The monoisotopic (exact) mass is 306 g/mol. The van der Waals surface area contributed by atoms with E-state index in [0.717, 1.165) is 15.2 Å². The number of rotatable bonds is 6. The number of ether oxygens (including phenoxy) is 1. The smallest absolute Gasteiger partial charge is 0.328 e. The topological polar surface area (TPSA) is 68.3 Å². The number of aromatic nitrogens is 1. The van der Waals surface area contributed by atoms with Gasteiger partial charge in [0.2, 0.25) is 5.91 Å². The maximum Gasteiger partial charge on any atom is 0.328 e. The van der Waals surface area contributed by atoms with Crippen molar-refractivity contribution in [3.8, 4) is 0 Å². The van der Waals surface area contributed by atoms with Gasteiger partial charge < -0.3 is 10.1 Å². The molecule has 1 unspecified atom stereocenters. The first-order chi connectivity index (χ1) is 10.1. The van der Waals surface area contributed by atoms with Gasteiger partial charge in [0.25, 0.3) is 0 Å². The van der Waals surface area contributed by atoms with E-state index < -0.39 is 12.0 Å². The molecule has 0 aliphatic heterocycles. The SMILES string of the molecule is CCOC(=O)C(C)NC(=O)CCc1nc2ccccc2s1. The van der Waals surface area contributed by atoms with E-state index in [1.807, 2.05) is 24.3 Å². The first-order valence-electron chi connectivity index (χ1n) is 6.90. The molecule has 1 aromatic carbocycles. The molecule has 1 atom stereocenters. The summed E-state index contributed by atoms with van der Waals surface area (Å²) in [5.41, 5.74) is 0.956. The van der Waals surface area contributed by atoms with Crippen molar-refractivity contribution in [2.75, 3.05) is 6.61 Å². The first-order valence-corrected chi connectivity index (χ1v) is 7.72. The van der Waals surface area contributed by atoms with Crippen molar-refractivity contribution in [3.05, 3.63) is 29.3 Å². The van der Waals surface area contributed by atoms with E-state index in [9.17, 15) is 9.59 Å². The van der Waals surface area contributed by atoms with Crippen LogP contribution in [0.1, 0.15) is 25.3 Å². The molecule has 1 heterocycles. The molecule has 0 aliphatic carbocycles. The third-order valence-corrected chi connectivity index (χ3v) is 4.02. The molecular formula is C15H18N2O3S. The largest absolute Gasteiger partial charge is 0.464 e. The minimum absolute atomic E-state index is 0.171. The van der Waals surface area contributed by atoms with Crippen LogP contribution in [0, 0.1) is 0 Å². The van der Waals surface area contributed by atoms with Crippen LogP contribution in [0.5, 0.6) is 0 Å². The predicted molar refractivity (Wildman–Crippen MR) is 82.2 cm³/mol. The second-order valence-corrected chi connectivity index (χ2v) is 5.73. The highest BCUT2D eigenvalue weighted by molar-refractivity contribution is 7.18. The highest BCUT2D eigenvalue weighted by Crippen LogP contribution is 2.22. The Labute approximate surface area is 127 Å². The number of hydrogen-bond acceptors (Lipinski definition) is 5. The molecule has 1 amide bonds. The maximum atomic E-state index is 11.8. The summed E-state index contributed by atoms with van der Waals surface area (Å²) in [5.74, 6) is -0.583. The van der Waals surface area contributed by atoms with Crippen LogP contribution in [0.25, 0.3) is 10.2 Å². The van der Waals surface area contributed by atoms with Crippen LogP contribution >= 0.6 is 11.3 Å². The van der Waals surface area contributed by atoms with Gasteiger partial charge in [0.05, 0.1) is 21.8 Å². The van der Waals surface area contributed by atoms with E-state index in [-0.39, 0.29) is 5.91 Å². The summed E-state index contributed by atoms with van der Waals surface area (Å²) in [6.45, 7) is 3.66. The Morgan fingerprint density at radius 2 is 2.14 bits per heavy atom. The number of fused-ring (bicyclic) bond motifs is 1. The van der Waals surface area contributed by atoms with Crippen molar-refractivity contribution in [2.45, 2.75) is 32.7 Å². The van der Waals surface area contributed by atoms with Gasteiger partial charge in [-0.2, -0.15) is 0 Å². The van der Waals surface area contributed by atoms with Crippen LogP contribution in [-0.2, 0) is 20.7 Å². The van der Waals surface area contributed by atoms with Gasteiger partial charge in [0, 0.05) is 12.8 Å². The number of esters is 1. The number of carbonyl (C=O) groups excluding carboxylic acids is 2. The van der Waals surface area contributed by atoms with Crippen LogP contribution in [0.15, 0.2) is 24.3 Å². The average Bonchev–Trinajstić information content (AvgIpc) is 2.88. The van der Waals surface area contributed by atoms with Crippen molar-refractivity contribution in [1.29, 1.82) is 0 Å². The first kappa shape index (κ1) is 15.4. The Bertz CT molecular complexity index is 606. The highest BCUT2D eigenvalue weighted by atomic mass is 32.1. The molecule has 0 saturated carbocycles. The summed E-state index contributed by atoms with van der Waals surface area (Å²) >= 11 is 1.59. The Kier molecular flexibility index (Phi) is 5.27. The molecular weight excluding hydrogens is 288 g/mol. The summed E-state index contributed by atoms with van der Waals surface area (Å²) in [7, 11) is 0. The Hall–Kier alpha value is -1.95. The zero-order valence-electron chi connectivity index (χ0n) is 12.1. The fraction of sp³-hybridized carbons (Fsp3) is 0.400. The van der Waals surface area contributed by atoms with Crippen LogP contribution in [0.2, 0.25) is 0 Å². The lowest BCUT2D eigenvalue weighted by Crippen LogP contribution is -2.39. The fourth-order valence-corrected chi connectivity index (χ4v) is 2.85. The van der Waals surface area contributed by atoms with Gasteiger partial charge in [0.15, 0.2) is 0 Å².